The topological polar surface area (TPSA) is 35.8 Å². The Morgan fingerprint density at radius 1 is 1.22 bits per heavy atom. The molecule has 98 valence electrons. The Labute approximate surface area is 102 Å². The van der Waals surface area contributed by atoms with Gasteiger partial charge in [-0.05, 0) is 31.0 Å². The second-order valence-electron chi connectivity index (χ2n) is 3.80. The summed E-state index contributed by atoms with van der Waals surface area (Å²) in [5.74, 6) is -0.519. The number of nitrogens with zero attached hydrogens (tertiary/aromatic N) is 1. The van der Waals surface area contributed by atoms with E-state index < -0.39 is 18.4 Å². The van der Waals surface area contributed by atoms with Crippen LogP contribution >= 0.6 is 0 Å². The van der Waals surface area contributed by atoms with E-state index in [1.54, 1.807) is 0 Å². The average molecular weight is 260 g/mol. The molecule has 18 heavy (non-hydrogen) atoms. The van der Waals surface area contributed by atoms with Crippen molar-refractivity contribution in [2.45, 2.75) is 25.4 Å². The number of benzene rings is 1. The summed E-state index contributed by atoms with van der Waals surface area (Å²) in [5, 5.41) is 11.6. The Morgan fingerprint density at radius 3 is 2.56 bits per heavy atom. The first kappa shape index (κ1) is 14.3. The highest BCUT2D eigenvalue weighted by Crippen LogP contribution is 2.22. The molecule has 1 rings (SSSR count). The van der Waals surface area contributed by atoms with Crippen molar-refractivity contribution < 1.29 is 17.6 Å². The fourth-order valence-corrected chi connectivity index (χ4v) is 1.44. The summed E-state index contributed by atoms with van der Waals surface area (Å²) in [7, 11) is 0. The maximum Gasteiger partial charge on any atom is 0.389 e. The van der Waals surface area contributed by atoms with Crippen molar-refractivity contribution in [3.8, 4) is 6.07 Å². The van der Waals surface area contributed by atoms with Gasteiger partial charge in [-0.2, -0.15) is 18.4 Å². The molecular weight excluding hydrogens is 248 g/mol. The Kier molecular flexibility index (Phi) is 4.95. The Hall–Kier alpha value is -1.77. The highest BCUT2D eigenvalue weighted by Gasteiger charge is 2.25. The summed E-state index contributed by atoms with van der Waals surface area (Å²) in [4.78, 5) is 0. The number of unbranched alkanes of at least 4 members (excludes halogenated alkanes) is 1. The van der Waals surface area contributed by atoms with Crippen LogP contribution in [0.2, 0.25) is 0 Å². The third kappa shape index (κ3) is 5.04. The smallest absolute Gasteiger partial charge is 0.384 e. The van der Waals surface area contributed by atoms with Gasteiger partial charge in [0, 0.05) is 13.0 Å². The lowest BCUT2D eigenvalue weighted by Crippen LogP contribution is -2.09. The minimum absolute atomic E-state index is 0.0274. The van der Waals surface area contributed by atoms with E-state index >= 15 is 0 Å². The molecule has 0 amide bonds. The van der Waals surface area contributed by atoms with Gasteiger partial charge in [-0.1, -0.05) is 0 Å². The zero-order chi connectivity index (χ0) is 13.6. The highest BCUT2D eigenvalue weighted by molar-refractivity contribution is 5.57. The van der Waals surface area contributed by atoms with Gasteiger partial charge >= 0.3 is 6.18 Å². The van der Waals surface area contributed by atoms with Gasteiger partial charge in [0.15, 0.2) is 0 Å². The Morgan fingerprint density at radius 2 is 1.94 bits per heavy atom. The molecule has 0 saturated carbocycles. The molecule has 0 aromatic heterocycles. The number of hydrogen-bond donors (Lipinski definition) is 1. The van der Waals surface area contributed by atoms with Gasteiger partial charge in [-0.15, -0.1) is 0 Å². The standard InChI is InChI=1S/C12H12F4N2/c13-10-3-4-11(9(7-10)8-17)18-6-2-1-5-12(14,15)16/h3-4,7,18H,1-2,5-6H2. The van der Waals surface area contributed by atoms with Crippen molar-refractivity contribution in [1.82, 2.24) is 0 Å². The van der Waals surface area contributed by atoms with Crippen LogP contribution in [0.25, 0.3) is 0 Å². The number of nitriles is 1. The number of hydrogen-bond acceptors (Lipinski definition) is 2. The third-order valence-corrected chi connectivity index (χ3v) is 2.30. The van der Waals surface area contributed by atoms with Gasteiger partial charge in [-0.25, -0.2) is 4.39 Å². The Balaban J connectivity index is 2.38. The van der Waals surface area contributed by atoms with Crippen molar-refractivity contribution in [2.75, 3.05) is 11.9 Å². The maximum absolute atomic E-state index is 12.8. The van der Waals surface area contributed by atoms with Gasteiger partial charge in [0.05, 0.1) is 11.3 Å². The molecule has 0 aliphatic carbocycles. The van der Waals surface area contributed by atoms with Gasteiger partial charge in [-0.3, -0.25) is 0 Å². The molecule has 0 radical (unpaired) electrons. The lowest BCUT2D eigenvalue weighted by Gasteiger charge is -2.09. The minimum Gasteiger partial charge on any atom is -0.384 e. The van der Waals surface area contributed by atoms with Crippen LogP contribution in [0, 0.1) is 17.1 Å². The van der Waals surface area contributed by atoms with Gasteiger partial charge in [0.2, 0.25) is 0 Å². The highest BCUT2D eigenvalue weighted by atomic mass is 19.4. The molecule has 0 aliphatic rings. The van der Waals surface area contributed by atoms with Crippen LogP contribution in [-0.2, 0) is 0 Å². The van der Waals surface area contributed by atoms with Gasteiger partial charge in [0.25, 0.3) is 0 Å². The fraction of sp³-hybridized carbons (Fsp3) is 0.417. The van der Waals surface area contributed by atoms with E-state index in [0.29, 0.717) is 18.7 Å². The third-order valence-electron chi connectivity index (χ3n) is 2.30. The van der Waals surface area contributed by atoms with E-state index in [2.05, 4.69) is 5.32 Å². The zero-order valence-electron chi connectivity index (χ0n) is 9.52. The van der Waals surface area contributed by atoms with E-state index in [1.165, 1.54) is 12.1 Å². The van der Waals surface area contributed by atoms with Crippen LogP contribution in [0.3, 0.4) is 0 Å². The van der Waals surface area contributed by atoms with Crippen LogP contribution in [0.5, 0.6) is 0 Å². The lowest BCUT2D eigenvalue weighted by atomic mass is 10.1. The molecule has 0 spiro atoms. The molecular formula is C12H12F4N2. The molecule has 6 heteroatoms. The molecule has 0 aliphatic heterocycles. The van der Waals surface area contributed by atoms with Gasteiger partial charge < -0.3 is 5.32 Å². The molecule has 0 fully saturated rings. The first-order chi connectivity index (χ1) is 8.42. The quantitative estimate of drug-likeness (QED) is 0.645. The lowest BCUT2D eigenvalue weighted by molar-refractivity contribution is -0.135. The first-order valence-electron chi connectivity index (χ1n) is 5.42. The number of halogens is 4. The van der Waals surface area contributed by atoms with Crippen molar-refractivity contribution in [3.63, 3.8) is 0 Å². The SMILES string of the molecule is N#Cc1cc(F)ccc1NCCCCC(F)(F)F. The van der Waals surface area contributed by atoms with E-state index in [-0.39, 0.29) is 12.0 Å². The molecule has 0 unspecified atom stereocenters. The van der Waals surface area contributed by atoms with Crippen molar-refractivity contribution in [2.24, 2.45) is 0 Å². The largest absolute Gasteiger partial charge is 0.389 e. The summed E-state index contributed by atoms with van der Waals surface area (Å²) in [6, 6.07) is 5.49. The second-order valence-corrected chi connectivity index (χ2v) is 3.80. The van der Waals surface area contributed by atoms with Crippen LogP contribution < -0.4 is 5.32 Å². The van der Waals surface area contributed by atoms with E-state index in [4.69, 9.17) is 5.26 Å². The van der Waals surface area contributed by atoms with Crippen LogP contribution in [-0.4, -0.2) is 12.7 Å². The molecule has 0 heterocycles. The zero-order valence-corrected chi connectivity index (χ0v) is 9.52. The van der Waals surface area contributed by atoms with Crippen LogP contribution in [0.15, 0.2) is 18.2 Å². The average Bonchev–Trinajstić information content (AvgIpc) is 2.28. The molecule has 0 atom stereocenters. The summed E-state index contributed by atoms with van der Waals surface area (Å²) >= 11 is 0. The first-order valence-corrected chi connectivity index (χ1v) is 5.42. The van der Waals surface area contributed by atoms with E-state index in [9.17, 15) is 17.6 Å². The summed E-state index contributed by atoms with van der Waals surface area (Å²) in [6.07, 6.45) is -4.59. The molecule has 0 bridgehead atoms. The van der Waals surface area contributed by atoms with Gasteiger partial charge in [0.1, 0.15) is 11.9 Å². The molecule has 0 saturated heterocycles. The molecule has 2 nitrogen and oxygen atoms in total. The van der Waals surface area contributed by atoms with Crippen LogP contribution in [0.1, 0.15) is 24.8 Å². The molecule has 1 aromatic carbocycles. The normalized spacial score (nSPS) is 11.1. The van der Waals surface area contributed by atoms with Crippen molar-refractivity contribution >= 4 is 5.69 Å². The predicted octanol–water partition coefficient (Wildman–Crippen LogP) is 3.84. The van der Waals surface area contributed by atoms with E-state index in [0.717, 1.165) is 6.07 Å². The Bertz CT molecular complexity index is 435. The number of anilines is 1. The fourth-order valence-electron chi connectivity index (χ4n) is 1.44. The molecule has 1 N–H and O–H groups in total. The van der Waals surface area contributed by atoms with Crippen molar-refractivity contribution in [3.05, 3.63) is 29.6 Å². The monoisotopic (exact) mass is 260 g/mol. The minimum atomic E-state index is -4.13. The summed E-state index contributed by atoms with van der Waals surface area (Å²) in [6.45, 7) is 0.316. The number of alkyl halides is 3. The van der Waals surface area contributed by atoms with Crippen LogP contribution in [0.4, 0.5) is 23.2 Å². The summed E-state index contributed by atoms with van der Waals surface area (Å²) in [5.41, 5.74) is 0.580. The second kappa shape index (κ2) is 6.24. The molecule has 1 aromatic rings. The van der Waals surface area contributed by atoms with Crippen molar-refractivity contribution in [1.29, 1.82) is 5.26 Å². The maximum atomic E-state index is 12.8. The summed E-state index contributed by atoms with van der Waals surface area (Å²) < 4.78 is 48.4. The van der Waals surface area contributed by atoms with E-state index in [1.807, 2.05) is 6.07 Å². The predicted molar refractivity (Wildman–Crippen MR) is 59.5 cm³/mol. The number of rotatable bonds is 5. The number of nitrogens with one attached hydrogen (secondary N) is 1.